The van der Waals surface area contributed by atoms with E-state index in [4.69, 9.17) is 14.2 Å². The second-order valence-electron chi connectivity index (χ2n) is 5.83. The highest BCUT2D eigenvalue weighted by Crippen LogP contribution is 2.35. The summed E-state index contributed by atoms with van der Waals surface area (Å²) in [5, 5.41) is 0. The van der Waals surface area contributed by atoms with E-state index in [1.165, 1.54) is 0 Å². The highest BCUT2D eigenvalue weighted by molar-refractivity contribution is 9.10. The molecule has 0 fully saturated rings. The van der Waals surface area contributed by atoms with Crippen molar-refractivity contribution in [1.82, 2.24) is 0 Å². The van der Waals surface area contributed by atoms with Gasteiger partial charge in [0, 0.05) is 4.47 Å². The molecule has 1 aliphatic heterocycles. The Morgan fingerprint density at radius 1 is 1.04 bits per heavy atom. The van der Waals surface area contributed by atoms with Crippen LogP contribution in [0.1, 0.15) is 19.4 Å². The lowest BCUT2D eigenvalue weighted by molar-refractivity contribution is -0.139. The van der Waals surface area contributed by atoms with E-state index in [9.17, 15) is 4.79 Å². The molecule has 3 rings (SSSR count). The Labute approximate surface area is 143 Å². The van der Waals surface area contributed by atoms with Gasteiger partial charge in [0.25, 0.3) is 0 Å². The average Bonchev–Trinajstić information content (AvgIpc) is 2.56. The van der Waals surface area contributed by atoms with Crippen molar-refractivity contribution in [2.24, 2.45) is 0 Å². The van der Waals surface area contributed by atoms with Crippen molar-refractivity contribution in [3.05, 3.63) is 52.5 Å². The zero-order chi connectivity index (χ0) is 16.4. The normalized spacial score (nSPS) is 13.5. The van der Waals surface area contributed by atoms with E-state index in [1.54, 1.807) is 12.1 Å². The van der Waals surface area contributed by atoms with E-state index in [1.807, 2.05) is 44.2 Å². The van der Waals surface area contributed by atoms with Crippen LogP contribution in [0, 0.1) is 0 Å². The molecular formula is C18H17BrO4. The first-order chi connectivity index (χ1) is 11.0. The molecule has 1 aliphatic rings. The minimum Gasteiger partial charge on any atom is -0.486 e. The number of carbonyl (C=O) groups excluding carboxylic acids is 1. The molecule has 2 aromatic carbocycles. The Balaban J connectivity index is 1.82. The van der Waals surface area contributed by atoms with Crippen LogP contribution in [0.2, 0.25) is 0 Å². The van der Waals surface area contributed by atoms with Crippen molar-refractivity contribution in [2.45, 2.75) is 19.3 Å². The van der Waals surface area contributed by atoms with Gasteiger partial charge in [0.15, 0.2) is 11.5 Å². The van der Waals surface area contributed by atoms with Crippen LogP contribution < -0.4 is 14.2 Å². The van der Waals surface area contributed by atoms with E-state index >= 15 is 0 Å². The zero-order valence-corrected chi connectivity index (χ0v) is 14.6. The first kappa shape index (κ1) is 15.9. The SMILES string of the molecule is CC(C)(C(=O)Oc1ccc(Br)cc1)c1ccc2c(c1)OCCO2. The van der Waals surface area contributed by atoms with Crippen molar-refractivity contribution in [3.8, 4) is 17.2 Å². The summed E-state index contributed by atoms with van der Waals surface area (Å²) in [6.45, 7) is 4.72. The maximum atomic E-state index is 12.6. The molecule has 0 amide bonds. The molecule has 0 spiro atoms. The molecule has 0 saturated carbocycles. The van der Waals surface area contributed by atoms with E-state index in [-0.39, 0.29) is 5.97 Å². The summed E-state index contributed by atoms with van der Waals surface area (Å²) in [7, 11) is 0. The number of hydrogen-bond acceptors (Lipinski definition) is 4. The molecule has 120 valence electrons. The van der Waals surface area contributed by atoms with Gasteiger partial charge in [-0.3, -0.25) is 4.79 Å². The summed E-state index contributed by atoms with van der Waals surface area (Å²) < 4.78 is 17.5. The van der Waals surface area contributed by atoms with Gasteiger partial charge in [0.1, 0.15) is 19.0 Å². The quantitative estimate of drug-likeness (QED) is 0.597. The predicted octanol–water partition coefficient (Wildman–Crippen LogP) is 4.10. The Kier molecular flexibility index (Phi) is 4.31. The summed E-state index contributed by atoms with van der Waals surface area (Å²) >= 11 is 3.36. The molecular weight excluding hydrogens is 360 g/mol. The molecule has 0 aliphatic carbocycles. The second-order valence-corrected chi connectivity index (χ2v) is 6.74. The van der Waals surface area contributed by atoms with Gasteiger partial charge >= 0.3 is 5.97 Å². The van der Waals surface area contributed by atoms with Crippen molar-refractivity contribution < 1.29 is 19.0 Å². The van der Waals surface area contributed by atoms with Crippen LogP contribution in [0.3, 0.4) is 0 Å². The third-order valence-electron chi connectivity index (χ3n) is 3.80. The highest BCUT2D eigenvalue weighted by atomic mass is 79.9. The smallest absolute Gasteiger partial charge is 0.321 e. The topological polar surface area (TPSA) is 44.8 Å². The fraction of sp³-hybridized carbons (Fsp3) is 0.278. The number of halogens is 1. The lowest BCUT2D eigenvalue weighted by atomic mass is 9.84. The molecule has 0 N–H and O–H groups in total. The molecule has 0 radical (unpaired) electrons. The number of ether oxygens (including phenoxy) is 3. The number of fused-ring (bicyclic) bond motifs is 1. The minimum atomic E-state index is -0.803. The second kappa shape index (κ2) is 6.24. The summed E-state index contributed by atoms with van der Waals surface area (Å²) in [6, 6.07) is 12.7. The number of carbonyl (C=O) groups is 1. The van der Waals surface area contributed by atoms with Gasteiger partial charge in [-0.15, -0.1) is 0 Å². The largest absolute Gasteiger partial charge is 0.486 e. The Bertz CT molecular complexity index is 722. The molecule has 4 nitrogen and oxygen atoms in total. The fourth-order valence-corrected chi connectivity index (χ4v) is 2.55. The van der Waals surface area contributed by atoms with Gasteiger partial charge in [-0.25, -0.2) is 0 Å². The van der Waals surface area contributed by atoms with E-state index in [2.05, 4.69) is 15.9 Å². The third-order valence-corrected chi connectivity index (χ3v) is 4.33. The summed E-state index contributed by atoms with van der Waals surface area (Å²) in [5.41, 5.74) is 0.0204. The van der Waals surface area contributed by atoms with Crippen LogP contribution in [0.4, 0.5) is 0 Å². The molecule has 2 aromatic rings. The molecule has 0 saturated heterocycles. The van der Waals surface area contributed by atoms with Crippen LogP contribution in [0.5, 0.6) is 17.2 Å². The molecule has 0 bridgehead atoms. The Hall–Kier alpha value is -2.01. The van der Waals surface area contributed by atoms with Gasteiger partial charge in [0.05, 0.1) is 5.41 Å². The molecule has 0 aromatic heterocycles. The zero-order valence-electron chi connectivity index (χ0n) is 13.0. The van der Waals surface area contributed by atoms with Crippen LogP contribution >= 0.6 is 15.9 Å². The van der Waals surface area contributed by atoms with Gasteiger partial charge in [-0.1, -0.05) is 22.0 Å². The number of hydrogen-bond donors (Lipinski definition) is 0. The van der Waals surface area contributed by atoms with E-state index in [0.717, 1.165) is 10.0 Å². The highest BCUT2D eigenvalue weighted by Gasteiger charge is 2.33. The molecule has 0 atom stereocenters. The van der Waals surface area contributed by atoms with E-state index in [0.29, 0.717) is 30.5 Å². The third kappa shape index (κ3) is 3.34. The predicted molar refractivity (Wildman–Crippen MR) is 90.2 cm³/mol. The first-order valence-corrected chi connectivity index (χ1v) is 8.14. The average molecular weight is 377 g/mol. The molecule has 0 unspecified atom stereocenters. The van der Waals surface area contributed by atoms with Gasteiger partial charge < -0.3 is 14.2 Å². The summed E-state index contributed by atoms with van der Waals surface area (Å²) in [4.78, 5) is 12.6. The Morgan fingerprint density at radius 3 is 2.39 bits per heavy atom. The van der Waals surface area contributed by atoms with Gasteiger partial charge in [-0.05, 0) is 55.8 Å². The van der Waals surface area contributed by atoms with Gasteiger partial charge in [0.2, 0.25) is 0 Å². The van der Waals surface area contributed by atoms with Crippen LogP contribution in [-0.4, -0.2) is 19.2 Å². The summed E-state index contributed by atoms with van der Waals surface area (Å²) in [6.07, 6.45) is 0. The maximum Gasteiger partial charge on any atom is 0.321 e. The molecule has 1 heterocycles. The standard InChI is InChI=1S/C18H17BrO4/c1-18(2,17(20)23-14-6-4-13(19)5-7-14)12-3-8-15-16(11-12)22-10-9-21-15/h3-8,11H,9-10H2,1-2H3. The monoisotopic (exact) mass is 376 g/mol. The number of benzene rings is 2. The molecule has 23 heavy (non-hydrogen) atoms. The molecule has 5 heteroatoms. The van der Waals surface area contributed by atoms with Crippen LogP contribution in [0.15, 0.2) is 46.9 Å². The van der Waals surface area contributed by atoms with Gasteiger partial charge in [-0.2, -0.15) is 0 Å². The maximum absolute atomic E-state index is 12.6. The van der Waals surface area contributed by atoms with Crippen molar-refractivity contribution in [2.75, 3.05) is 13.2 Å². The van der Waals surface area contributed by atoms with Crippen molar-refractivity contribution in [3.63, 3.8) is 0 Å². The fourth-order valence-electron chi connectivity index (χ4n) is 2.29. The van der Waals surface area contributed by atoms with Crippen molar-refractivity contribution >= 4 is 21.9 Å². The first-order valence-electron chi connectivity index (χ1n) is 7.35. The number of esters is 1. The number of rotatable bonds is 3. The minimum absolute atomic E-state index is 0.323. The Morgan fingerprint density at radius 2 is 1.70 bits per heavy atom. The lowest BCUT2D eigenvalue weighted by Crippen LogP contribution is -2.33. The summed E-state index contributed by atoms with van der Waals surface area (Å²) in [5.74, 6) is 1.57. The lowest BCUT2D eigenvalue weighted by Gasteiger charge is -2.25. The van der Waals surface area contributed by atoms with Crippen LogP contribution in [0.25, 0.3) is 0 Å². The van der Waals surface area contributed by atoms with Crippen molar-refractivity contribution in [1.29, 1.82) is 0 Å². The van der Waals surface area contributed by atoms with E-state index < -0.39 is 5.41 Å². The van der Waals surface area contributed by atoms with Crippen LogP contribution in [-0.2, 0) is 10.2 Å².